The van der Waals surface area contributed by atoms with E-state index in [0.717, 1.165) is 55.4 Å². The third-order valence-electron chi connectivity index (χ3n) is 6.69. The average Bonchev–Trinajstić information content (AvgIpc) is 3.73. The Kier molecular flexibility index (Phi) is 8.30. The van der Waals surface area contributed by atoms with Gasteiger partial charge in [0.1, 0.15) is 17.5 Å². The van der Waals surface area contributed by atoms with E-state index in [-0.39, 0.29) is 0 Å². The van der Waals surface area contributed by atoms with Crippen LogP contribution in [0.15, 0.2) is 88.6 Å². The SMILES string of the molecule is C=CC=Nc1ccc(NC(=C)/N=C(\N=C(C)N2CCCC(c3ccccc3)C2)C2CC2)cc1CC. The van der Waals surface area contributed by atoms with Gasteiger partial charge in [0, 0.05) is 36.8 Å². The van der Waals surface area contributed by atoms with Crippen LogP contribution in [0.4, 0.5) is 11.4 Å². The quantitative estimate of drug-likeness (QED) is 0.332. The van der Waals surface area contributed by atoms with Gasteiger partial charge >= 0.3 is 0 Å². The maximum atomic E-state index is 5.02. The van der Waals surface area contributed by atoms with Crippen LogP contribution in [0, 0.1) is 5.92 Å². The lowest BCUT2D eigenvalue weighted by atomic mass is 9.90. The fourth-order valence-corrected chi connectivity index (χ4v) is 4.59. The number of amidine groups is 2. The molecule has 0 bridgehead atoms. The van der Waals surface area contributed by atoms with Gasteiger partial charge in [-0.25, -0.2) is 9.98 Å². The number of benzene rings is 2. The summed E-state index contributed by atoms with van der Waals surface area (Å²) in [5.74, 6) is 3.56. The molecule has 2 fully saturated rings. The standard InChI is InChI=1S/C30H37N5/c1-5-18-31-29-17-16-28(20-24(29)6-2)32-22(3)33-30(26-14-15-26)34-23(4)35-19-10-13-27(21-35)25-11-8-7-9-12-25/h5,7-9,11-12,16-18,20,26-27,32H,1,3,6,10,13-15,19,21H2,2,4H3/b31-18?,33-30-,34-23?. The van der Waals surface area contributed by atoms with E-state index in [1.54, 1.807) is 12.3 Å². The molecule has 5 heteroatoms. The van der Waals surface area contributed by atoms with Gasteiger partial charge in [-0.05, 0) is 68.4 Å². The molecule has 1 unspecified atom stereocenters. The molecule has 0 spiro atoms. The Bertz CT molecular complexity index is 1120. The Labute approximate surface area is 210 Å². The van der Waals surface area contributed by atoms with Gasteiger partial charge in [-0.15, -0.1) is 0 Å². The Hall–Kier alpha value is -3.47. The van der Waals surface area contributed by atoms with Crippen LogP contribution in [0.25, 0.3) is 0 Å². The van der Waals surface area contributed by atoms with Crippen molar-refractivity contribution in [3.8, 4) is 0 Å². The van der Waals surface area contributed by atoms with E-state index >= 15 is 0 Å². The fourth-order valence-electron chi connectivity index (χ4n) is 4.59. The molecule has 2 aromatic rings. The second-order valence-electron chi connectivity index (χ2n) is 9.38. The molecule has 1 heterocycles. The van der Waals surface area contributed by atoms with E-state index in [1.165, 1.54) is 24.0 Å². The lowest BCUT2D eigenvalue weighted by molar-refractivity contribution is 0.308. The molecule has 1 aliphatic carbocycles. The Morgan fingerprint density at radius 1 is 1.11 bits per heavy atom. The highest BCUT2D eigenvalue weighted by Gasteiger charge is 2.29. The van der Waals surface area contributed by atoms with Gasteiger partial charge in [0.2, 0.25) is 0 Å². The summed E-state index contributed by atoms with van der Waals surface area (Å²) in [5.41, 5.74) is 4.51. The van der Waals surface area contributed by atoms with Crippen molar-refractivity contribution in [3.63, 3.8) is 0 Å². The molecule has 0 radical (unpaired) electrons. The third-order valence-corrected chi connectivity index (χ3v) is 6.69. The van der Waals surface area contributed by atoms with Gasteiger partial charge in [0.15, 0.2) is 0 Å². The number of likely N-dealkylation sites (tertiary alicyclic amines) is 1. The number of allylic oxidation sites excluding steroid dienone is 1. The summed E-state index contributed by atoms with van der Waals surface area (Å²) in [6.45, 7) is 14.2. The summed E-state index contributed by atoms with van der Waals surface area (Å²) >= 11 is 0. The van der Waals surface area contributed by atoms with Crippen LogP contribution in [0.3, 0.4) is 0 Å². The van der Waals surface area contributed by atoms with E-state index in [9.17, 15) is 0 Å². The predicted octanol–water partition coefficient (Wildman–Crippen LogP) is 7.13. The average molecular weight is 468 g/mol. The molecular weight excluding hydrogens is 430 g/mol. The van der Waals surface area contributed by atoms with Crippen LogP contribution in [0.1, 0.15) is 56.6 Å². The number of aryl methyl sites for hydroxylation is 1. The minimum absolute atomic E-state index is 0.431. The minimum atomic E-state index is 0.431. The Morgan fingerprint density at radius 3 is 2.63 bits per heavy atom. The molecule has 35 heavy (non-hydrogen) atoms. The first-order chi connectivity index (χ1) is 17.1. The summed E-state index contributed by atoms with van der Waals surface area (Å²) in [5, 5.41) is 3.36. The Balaban J connectivity index is 1.46. The van der Waals surface area contributed by atoms with E-state index in [1.807, 2.05) is 12.1 Å². The molecular formula is C30H37N5. The Morgan fingerprint density at radius 2 is 1.91 bits per heavy atom. The van der Waals surface area contributed by atoms with Gasteiger partial charge in [-0.3, -0.25) is 4.99 Å². The highest BCUT2D eigenvalue weighted by atomic mass is 15.2. The normalized spacial score (nSPS) is 19.1. The van der Waals surface area contributed by atoms with Gasteiger partial charge in [0.05, 0.1) is 5.69 Å². The highest BCUT2D eigenvalue weighted by Crippen LogP contribution is 2.33. The first kappa shape index (κ1) is 24.6. The zero-order valence-electron chi connectivity index (χ0n) is 21.1. The van der Waals surface area contributed by atoms with Crippen LogP contribution in [0.5, 0.6) is 0 Å². The summed E-state index contributed by atoms with van der Waals surface area (Å²) < 4.78 is 0. The van der Waals surface area contributed by atoms with Crippen molar-refractivity contribution in [1.82, 2.24) is 4.90 Å². The molecule has 182 valence electrons. The molecule has 1 saturated heterocycles. The molecule has 1 saturated carbocycles. The molecule has 1 N–H and O–H groups in total. The molecule has 1 aliphatic heterocycles. The molecule has 5 nitrogen and oxygen atoms in total. The third kappa shape index (κ3) is 6.78. The summed E-state index contributed by atoms with van der Waals surface area (Å²) in [4.78, 5) is 16.7. The maximum Gasteiger partial charge on any atom is 0.135 e. The smallest absolute Gasteiger partial charge is 0.135 e. The predicted molar refractivity (Wildman–Crippen MR) is 150 cm³/mol. The van der Waals surface area contributed by atoms with Gasteiger partial charge < -0.3 is 10.2 Å². The van der Waals surface area contributed by atoms with Crippen molar-refractivity contribution >= 4 is 29.3 Å². The largest absolute Gasteiger partial charge is 0.360 e. The molecule has 2 aliphatic rings. The summed E-state index contributed by atoms with van der Waals surface area (Å²) in [6, 6.07) is 17.0. The number of hydrogen-bond acceptors (Lipinski definition) is 3. The lowest BCUT2D eigenvalue weighted by Gasteiger charge is -2.34. The van der Waals surface area contributed by atoms with Crippen molar-refractivity contribution in [2.75, 3.05) is 18.4 Å². The topological polar surface area (TPSA) is 52.4 Å². The number of piperidine rings is 1. The van der Waals surface area contributed by atoms with Crippen LogP contribution < -0.4 is 5.32 Å². The first-order valence-electron chi connectivity index (χ1n) is 12.7. The number of nitrogens with zero attached hydrogens (tertiary/aromatic N) is 4. The number of nitrogens with one attached hydrogen (secondary N) is 1. The molecule has 1 atom stereocenters. The summed E-state index contributed by atoms with van der Waals surface area (Å²) in [7, 11) is 0. The molecule has 0 aromatic heterocycles. The second-order valence-corrected chi connectivity index (χ2v) is 9.38. The van der Waals surface area contributed by atoms with Gasteiger partial charge in [-0.2, -0.15) is 0 Å². The van der Waals surface area contributed by atoms with Gasteiger partial charge in [-0.1, -0.05) is 56.5 Å². The number of aliphatic imine (C=N–C) groups is 3. The van der Waals surface area contributed by atoms with E-state index < -0.39 is 0 Å². The van der Waals surface area contributed by atoms with Crippen LogP contribution >= 0.6 is 0 Å². The molecule has 4 rings (SSSR count). The van der Waals surface area contributed by atoms with Crippen molar-refractivity contribution in [1.29, 1.82) is 0 Å². The fraction of sp³-hybridized carbons (Fsp3) is 0.367. The second kappa shape index (κ2) is 11.8. The minimum Gasteiger partial charge on any atom is -0.360 e. The van der Waals surface area contributed by atoms with Crippen molar-refractivity contribution in [2.45, 2.75) is 51.9 Å². The van der Waals surface area contributed by atoms with Crippen LogP contribution in [-0.4, -0.2) is 35.9 Å². The maximum absolute atomic E-state index is 5.02. The van der Waals surface area contributed by atoms with E-state index in [0.29, 0.717) is 17.7 Å². The van der Waals surface area contributed by atoms with Crippen molar-refractivity contribution in [2.24, 2.45) is 20.9 Å². The lowest BCUT2D eigenvalue weighted by Crippen LogP contribution is -2.38. The zero-order valence-corrected chi connectivity index (χ0v) is 21.1. The number of anilines is 1. The highest BCUT2D eigenvalue weighted by molar-refractivity contribution is 5.98. The van der Waals surface area contributed by atoms with Gasteiger partial charge in [0.25, 0.3) is 0 Å². The number of hydrogen-bond donors (Lipinski definition) is 1. The molecule has 0 amide bonds. The first-order valence-corrected chi connectivity index (χ1v) is 12.7. The van der Waals surface area contributed by atoms with E-state index in [2.05, 4.69) is 78.6 Å². The molecule has 2 aromatic carbocycles. The van der Waals surface area contributed by atoms with Crippen molar-refractivity contribution < 1.29 is 0 Å². The van der Waals surface area contributed by atoms with Crippen LogP contribution in [-0.2, 0) is 6.42 Å². The van der Waals surface area contributed by atoms with Crippen molar-refractivity contribution in [3.05, 3.63) is 84.7 Å². The monoisotopic (exact) mass is 467 g/mol. The number of rotatable bonds is 8. The summed E-state index contributed by atoms with van der Waals surface area (Å²) in [6.07, 6.45) is 9.01. The van der Waals surface area contributed by atoms with Crippen LogP contribution in [0.2, 0.25) is 0 Å². The van der Waals surface area contributed by atoms with E-state index in [4.69, 9.17) is 9.98 Å². The zero-order chi connectivity index (χ0) is 24.6.